The van der Waals surface area contributed by atoms with Crippen LogP contribution in [0.4, 0.5) is 0 Å². The Labute approximate surface area is 142 Å². The zero-order valence-corrected chi connectivity index (χ0v) is 14.0. The summed E-state index contributed by atoms with van der Waals surface area (Å²) in [6.07, 6.45) is -4.18. The molecule has 3 rings (SSSR count). The average molecular weight is 346 g/mol. The summed E-state index contributed by atoms with van der Waals surface area (Å²) in [5.41, 5.74) is 0. The third kappa shape index (κ3) is 4.08. The number of hydrogen-bond donors (Lipinski definition) is 4. The molecule has 1 saturated carbocycles. The van der Waals surface area contributed by atoms with Gasteiger partial charge in [-0.15, -0.1) is 0 Å². The molecule has 0 aromatic carbocycles. The molecule has 2 saturated heterocycles. The lowest BCUT2D eigenvalue weighted by Crippen LogP contribution is -2.63. The molecule has 0 aromatic rings. The highest BCUT2D eigenvalue weighted by Gasteiger charge is 2.49. The first-order chi connectivity index (χ1) is 11.6. The van der Waals surface area contributed by atoms with E-state index in [0.29, 0.717) is 39.5 Å². The Kier molecular flexibility index (Phi) is 6.44. The van der Waals surface area contributed by atoms with Crippen LogP contribution in [0.25, 0.3) is 0 Å². The smallest absolute Gasteiger partial charge is 0.0869 e. The number of aliphatic hydroxyl groups excluding tert-OH is 4. The lowest BCUT2D eigenvalue weighted by Gasteiger charge is -2.47. The molecule has 8 heteroatoms. The average Bonchev–Trinajstić information content (AvgIpc) is 2.62. The molecule has 0 aromatic heterocycles. The molecule has 24 heavy (non-hydrogen) atoms. The Balaban J connectivity index is 1.61. The van der Waals surface area contributed by atoms with Crippen molar-refractivity contribution in [1.82, 2.24) is 9.80 Å². The molecule has 2 heterocycles. The number of nitrogens with zero attached hydrogens (tertiary/aromatic N) is 2. The van der Waals surface area contributed by atoms with Crippen molar-refractivity contribution in [2.24, 2.45) is 11.8 Å². The molecule has 4 N–H and O–H groups in total. The van der Waals surface area contributed by atoms with Gasteiger partial charge in [0.15, 0.2) is 0 Å². The first-order valence-electron chi connectivity index (χ1n) is 8.90. The Morgan fingerprint density at radius 3 is 1.17 bits per heavy atom. The summed E-state index contributed by atoms with van der Waals surface area (Å²) in [6.45, 7) is 6.35. The van der Waals surface area contributed by atoms with Gasteiger partial charge in [-0.1, -0.05) is 0 Å². The maximum absolute atomic E-state index is 10.5. The van der Waals surface area contributed by atoms with Crippen molar-refractivity contribution >= 4 is 0 Å². The van der Waals surface area contributed by atoms with Crippen LogP contribution in [0.15, 0.2) is 0 Å². The van der Waals surface area contributed by atoms with E-state index in [1.807, 2.05) is 0 Å². The summed E-state index contributed by atoms with van der Waals surface area (Å²) in [5, 5.41) is 42.1. The molecule has 0 radical (unpaired) electrons. The largest absolute Gasteiger partial charge is 0.390 e. The Morgan fingerprint density at radius 1 is 0.583 bits per heavy atom. The highest BCUT2D eigenvalue weighted by atomic mass is 16.5. The summed E-state index contributed by atoms with van der Waals surface area (Å²) >= 11 is 0. The SMILES string of the molecule is OC1C(O)C(CN2CCOCC2)C(O)C(O)C1CN1CCOCC1. The highest BCUT2D eigenvalue weighted by molar-refractivity contribution is 5.00. The van der Waals surface area contributed by atoms with Crippen molar-refractivity contribution in [1.29, 1.82) is 0 Å². The molecule has 0 amide bonds. The van der Waals surface area contributed by atoms with Crippen LogP contribution in [0, 0.1) is 11.8 Å². The Morgan fingerprint density at radius 2 is 0.875 bits per heavy atom. The molecule has 4 unspecified atom stereocenters. The fourth-order valence-electron chi connectivity index (χ4n) is 4.01. The van der Waals surface area contributed by atoms with Crippen LogP contribution in [-0.2, 0) is 9.47 Å². The molecule has 3 aliphatic rings. The Bertz CT molecular complexity index is 337. The van der Waals surface area contributed by atoms with E-state index < -0.39 is 36.3 Å². The van der Waals surface area contributed by atoms with E-state index in [-0.39, 0.29) is 0 Å². The first kappa shape index (κ1) is 18.5. The zero-order chi connectivity index (χ0) is 17.1. The van der Waals surface area contributed by atoms with Crippen LogP contribution in [0.1, 0.15) is 0 Å². The van der Waals surface area contributed by atoms with Gasteiger partial charge in [0.25, 0.3) is 0 Å². The predicted octanol–water partition coefficient (Wildman–Crippen LogP) is -2.66. The van der Waals surface area contributed by atoms with Crippen molar-refractivity contribution in [3.8, 4) is 0 Å². The third-order valence-corrected chi connectivity index (χ3v) is 5.60. The third-order valence-electron chi connectivity index (χ3n) is 5.60. The molecule has 2 aliphatic heterocycles. The van der Waals surface area contributed by atoms with Crippen LogP contribution < -0.4 is 0 Å². The van der Waals surface area contributed by atoms with Crippen LogP contribution in [0.5, 0.6) is 0 Å². The van der Waals surface area contributed by atoms with E-state index in [4.69, 9.17) is 9.47 Å². The van der Waals surface area contributed by atoms with Crippen LogP contribution >= 0.6 is 0 Å². The molecule has 8 nitrogen and oxygen atoms in total. The topological polar surface area (TPSA) is 106 Å². The molecule has 140 valence electrons. The van der Waals surface area contributed by atoms with Crippen molar-refractivity contribution in [2.75, 3.05) is 65.7 Å². The van der Waals surface area contributed by atoms with Gasteiger partial charge in [-0.25, -0.2) is 0 Å². The van der Waals surface area contributed by atoms with Crippen molar-refractivity contribution in [3.05, 3.63) is 0 Å². The number of ether oxygens (including phenoxy) is 2. The van der Waals surface area contributed by atoms with Gasteiger partial charge in [0.05, 0.1) is 50.8 Å². The second-order valence-corrected chi connectivity index (χ2v) is 7.12. The minimum atomic E-state index is -1.04. The van der Waals surface area contributed by atoms with Crippen LogP contribution in [0.2, 0.25) is 0 Å². The highest BCUT2D eigenvalue weighted by Crippen LogP contribution is 2.32. The fourth-order valence-corrected chi connectivity index (χ4v) is 4.01. The lowest BCUT2D eigenvalue weighted by molar-refractivity contribution is -0.189. The molecular weight excluding hydrogens is 316 g/mol. The number of hydrogen-bond acceptors (Lipinski definition) is 8. The van der Waals surface area contributed by atoms with Crippen molar-refractivity contribution < 1.29 is 29.9 Å². The van der Waals surface area contributed by atoms with E-state index in [9.17, 15) is 20.4 Å². The molecule has 1 aliphatic carbocycles. The second-order valence-electron chi connectivity index (χ2n) is 7.12. The summed E-state index contributed by atoms with van der Waals surface area (Å²) in [4.78, 5) is 4.20. The summed E-state index contributed by atoms with van der Waals surface area (Å²) in [5.74, 6) is -1.12. The van der Waals surface area contributed by atoms with Gasteiger partial charge in [-0.05, 0) is 0 Å². The van der Waals surface area contributed by atoms with Gasteiger partial charge in [0.2, 0.25) is 0 Å². The quantitative estimate of drug-likeness (QED) is 0.437. The van der Waals surface area contributed by atoms with Gasteiger partial charge in [-0.3, -0.25) is 9.80 Å². The number of morpholine rings is 2. The second kappa shape index (κ2) is 8.37. The minimum absolute atomic E-state index is 0.448. The van der Waals surface area contributed by atoms with E-state index >= 15 is 0 Å². The summed E-state index contributed by atoms with van der Waals surface area (Å²) in [7, 11) is 0. The number of rotatable bonds is 4. The van der Waals surface area contributed by atoms with Crippen molar-refractivity contribution in [2.45, 2.75) is 24.4 Å². The monoisotopic (exact) mass is 346 g/mol. The lowest BCUT2D eigenvalue weighted by atomic mass is 9.73. The van der Waals surface area contributed by atoms with Gasteiger partial charge < -0.3 is 29.9 Å². The van der Waals surface area contributed by atoms with Gasteiger partial charge >= 0.3 is 0 Å². The van der Waals surface area contributed by atoms with Crippen LogP contribution in [-0.4, -0.2) is 120 Å². The molecule has 0 bridgehead atoms. The van der Waals surface area contributed by atoms with E-state index in [2.05, 4.69) is 9.80 Å². The first-order valence-corrected chi connectivity index (χ1v) is 8.90. The van der Waals surface area contributed by atoms with Crippen LogP contribution in [0.3, 0.4) is 0 Å². The van der Waals surface area contributed by atoms with E-state index in [1.54, 1.807) is 0 Å². The predicted molar refractivity (Wildman–Crippen MR) is 85.5 cm³/mol. The maximum atomic E-state index is 10.5. The van der Waals surface area contributed by atoms with Crippen molar-refractivity contribution in [3.63, 3.8) is 0 Å². The Hall–Kier alpha value is -0.320. The maximum Gasteiger partial charge on any atom is 0.0869 e. The normalized spacial score (nSPS) is 43.0. The molecule has 3 fully saturated rings. The van der Waals surface area contributed by atoms with E-state index in [0.717, 1.165) is 26.2 Å². The van der Waals surface area contributed by atoms with Gasteiger partial charge in [0, 0.05) is 51.1 Å². The zero-order valence-electron chi connectivity index (χ0n) is 14.0. The fraction of sp³-hybridized carbons (Fsp3) is 1.00. The molecule has 0 spiro atoms. The standard InChI is InChI=1S/C16H30N2O6/c19-13-11(9-17-1-5-23-6-2-17)14(20)16(22)12(15(13)21)10-18-3-7-24-8-4-18/h11-16,19-22H,1-10H2. The summed E-state index contributed by atoms with van der Waals surface area (Å²) in [6, 6.07) is 0. The van der Waals surface area contributed by atoms with Gasteiger partial charge in [0.1, 0.15) is 0 Å². The number of aliphatic hydroxyl groups is 4. The molecular formula is C16H30N2O6. The summed E-state index contributed by atoms with van der Waals surface area (Å²) < 4.78 is 10.6. The molecule has 4 atom stereocenters. The van der Waals surface area contributed by atoms with E-state index in [1.165, 1.54) is 0 Å². The van der Waals surface area contributed by atoms with Gasteiger partial charge in [-0.2, -0.15) is 0 Å². The minimum Gasteiger partial charge on any atom is -0.390 e.